The number of amides is 2. The predicted octanol–water partition coefficient (Wildman–Crippen LogP) is 2.04. The molecule has 1 aliphatic carbocycles. The predicted molar refractivity (Wildman–Crippen MR) is 99.4 cm³/mol. The topological polar surface area (TPSA) is 84.9 Å². The lowest BCUT2D eigenvalue weighted by atomic mass is 9.95. The summed E-state index contributed by atoms with van der Waals surface area (Å²) in [6.07, 6.45) is 3.01. The van der Waals surface area contributed by atoms with E-state index in [2.05, 4.69) is 5.32 Å². The SMILES string of the molecule is CCOC(=O)C1(NC(=O)C2CC(=O)N(c3ccccc3OC)C2)CCCC1. The highest BCUT2D eigenvalue weighted by Crippen LogP contribution is 2.35. The minimum atomic E-state index is -0.950. The van der Waals surface area contributed by atoms with E-state index >= 15 is 0 Å². The van der Waals surface area contributed by atoms with Crippen LogP contribution in [0.15, 0.2) is 24.3 Å². The van der Waals surface area contributed by atoms with Crippen LogP contribution in [-0.4, -0.2) is 43.6 Å². The van der Waals surface area contributed by atoms with E-state index in [1.165, 1.54) is 0 Å². The standard InChI is InChI=1S/C20H26N2O5/c1-3-27-19(25)20(10-6-7-11-20)21-18(24)14-12-17(23)22(13-14)15-8-4-5-9-16(15)26-2/h4-5,8-9,14H,3,6-7,10-13H2,1-2H3,(H,21,24). The molecule has 1 aromatic rings. The number of nitrogens with one attached hydrogen (secondary N) is 1. The van der Waals surface area contributed by atoms with Gasteiger partial charge in [-0.15, -0.1) is 0 Å². The molecule has 0 spiro atoms. The Balaban J connectivity index is 1.73. The van der Waals surface area contributed by atoms with Gasteiger partial charge in [-0.1, -0.05) is 25.0 Å². The molecule has 0 bridgehead atoms. The van der Waals surface area contributed by atoms with Crippen molar-refractivity contribution in [2.75, 3.05) is 25.2 Å². The summed E-state index contributed by atoms with van der Waals surface area (Å²) in [6.45, 7) is 2.30. The van der Waals surface area contributed by atoms with Crippen LogP contribution in [0.3, 0.4) is 0 Å². The van der Waals surface area contributed by atoms with Gasteiger partial charge in [-0.05, 0) is 31.9 Å². The molecule has 1 heterocycles. The smallest absolute Gasteiger partial charge is 0.331 e. The van der Waals surface area contributed by atoms with Crippen molar-refractivity contribution in [3.05, 3.63) is 24.3 Å². The molecule has 146 valence electrons. The van der Waals surface area contributed by atoms with Gasteiger partial charge in [-0.3, -0.25) is 9.59 Å². The zero-order chi connectivity index (χ0) is 19.4. The van der Waals surface area contributed by atoms with Crippen LogP contribution in [0.5, 0.6) is 5.75 Å². The molecule has 0 aromatic heterocycles. The van der Waals surface area contributed by atoms with E-state index in [-0.39, 0.29) is 37.4 Å². The number of anilines is 1. The third kappa shape index (κ3) is 3.77. The van der Waals surface area contributed by atoms with Crippen molar-refractivity contribution in [1.82, 2.24) is 5.32 Å². The first-order valence-corrected chi connectivity index (χ1v) is 9.43. The Morgan fingerprint density at radius 3 is 2.63 bits per heavy atom. The fraction of sp³-hybridized carbons (Fsp3) is 0.550. The summed E-state index contributed by atoms with van der Waals surface area (Å²) < 4.78 is 10.5. The molecule has 0 radical (unpaired) electrons. The molecule has 1 saturated heterocycles. The van der Waals surface area contributed by atoms with Crippen molar-refractivity contribution in [3.63, 3.8) is 0 Å². The van der Waals surface area contributed by atoms with Gasteiger partial charge >= 0.3 is 5.97 Å². The first kappa shape index (κ1) is 19.2. The second-order valence-electron chi connectivity index (χ2n) is 7.08. The first-order chi connectivity index (χ1) is 13.0. The molecule has 7 nitrogen and oxygen atoms in total. The molecule has 1 aliphatic heterocycles. The highest BCUT2D eigenvalue weighted by atomic mass is 16.5. The van der Waals surface area contributed by atoms with E-state index in [0.717, 1.165) is 12.8 Å². The molecular formula is C20H26N2O5. The number of esters is 1. The van der Waals surface area contributed by atoms with E-state index in [9.17, 15) is 14.4 Å². The molecule has 27 heavy (non-hydrogen) atoms. The molecule has 1 saturated carbocycles. The van der Waals surface area contributed by atoms with Crippen molar-refractivity contribution in [3.8, 4) is 5.75 Å². The second kappa shape index (κ2) is 7.98. The van der Waals surface area contributed by atoms with Crippen LogP contribution in [-0.2, 0) is 19.1 Å². The second-order valence-corrected chi connectivity index (χ2v) is 7.08. The first-order valence-electron chi connectivity index (χ1n) is 9.43. The van der Waals surface area contributed by atoms with E-state index < -0.39 is 11.5 Å². The molecule has 2 aliphatic rings. The molecule has 2 fully saturated rings. The molecule has 1 atom stereocenters. The number of carbonyl (C=O) groups excluding carboxylic acids is 3. The Kier molecular flexibility index (Phi) is 5.68. The number of methoxy groups -OCH3 is 1. The van der Waals surface area contributed by atoms with Crippen LogP contribution in [0.2, 0.25) is 0 Å². The Morgan fingerprint density at radius 2 is 1.96 bits per heavy atom. The fourth-order valence-electron chi connectivity index (χ4n) is 3.93. The lowest BCUT2D eigenvalue weighted by Gasteiger charge is -2.29. The van der Waals surface area contributed by atoms with E-state index in [4.69, 9.17) is 9.47 Å². The molecule has 7 heteroatoms. The Bertz CT molecular complexity index is 727. The highest BCUT2D eigenvalue weighted by molar-refractivity contribution is 6.02. The van der Waals surface area contributed by atoms with E-state index in [1.54, 1.807) is 31.1 Å². The largest absolute Gasteiger partial charge is 0.495 e. The van der Waals surface area contributed by atoms with Gasteiger partial charge < -0.3 is 19.7 Å². The number of para-hydroxylation sites is 2. The number of rotatable bonds is 6. The maximum Gasteiger partial charge on any atom is 0.331 e. The summed E-state index contributed by atoms with van der Waals surface area (Å²) in [6, 6.07) is 7.24. The molecule has 3 rings (SSSR count). The molecule has 1 unspecified atom stereocenters. The maximum absolute atomic E-state index is 12.9. The summed E-state index contributed by atoms with van der Waals surface area (Å²) in [4.78, 5) is 39.4. The number of nitrogens with zero attached hydrogens (tertiary/aromatic N) is 1. The molecular weight excluding hydrogens is 348 g/mol. The summed E-state index contributed by atoms with van der Waals surface area (Å²) in [7, 11) is 1.55. The van der Waals surface area contributed by atoms with Crippen molar-refractivity contribution >= 4 is 23.5 Å². The van der Waals surface area contributed by atoms with Gasteiger partial charge in [0.2, 0.25) is 11.8 Å². The number of hydrogen-bond donors (Lipinski definition) is 1. The van der Waals surface area contributed by atoms with Crippen LogP contribution in [0.1, 0.15) is 39.0 Å². The van der Waals surface area contributed by atoms with Gasteiger partial charge in [-0.25, -0.2) is 4.79 Å². The molecule has 2 amide bonds. The average molecular weight is 374 g/mol. The maximum atomic E-state index is 12.9. The van der Waals surface area contributed by atoms with Crippen molar-refractivity contribution in [2.24, 2.45) is 5.92 Å². The quantitative estimate of drug-likeness (QED) is 0.770. The molecule has 1 aromatic carbocycles. The van der Waals surface area contributed by atoms with Crippen LogP contribution in [0.4, 0.5) is 5.69 Å². The summed E-state index contributed by atoms with van der Waals surface area (Å²) in [5.74, 6) is -0.686. The van der Waals surface area contributed by atoms with Crippen LogP contribution in [0, 0.1) is 5.92 Å². The van der Waals surface area contributed by atoms with E-state index in [0.29, 0.717) is 24.3 Å². The van der Waals surface area contributed by atoms with Crippen LogP contribution >= 0.6 is 0 Å². The van der Waals surface area contributed by atoms with Crippen molar-refractivity contribution in [1.29, 1.82) is 0 Å². The summed E-state index contributed by atoms with van der Waals surface area (Å²) in [5.41, 5.74) is -0.296. The minimum absolute atomic E-state index is 0.114. The lowest BCUT2D eigenvalue weighted by molar-refractivity contribution is -0.153. The van der Waals surface area contributed by atoms with Gasteiger partial charge in [0.25, 0.3) is 0 Å². The minimum Gasteiger partial charge on any atom is -0.495 e. The van der Waals surface area contributed by atoms with Gasteiger partial charge in [0.15, 0.2) is 0 Å². The summed E-state index contributed by atoms with van der Waals surface area (Å²) in [5, 5.41) is 2.92. The third-order valence-electron chi connectivity index (χ3n) is 5.36. The van der Waals surface area contributed by atoms with Crippen LogP contribution in [0.25, 0.3) is 0 Å². The van der Waals surface area contributed by atoms with Crippen molar-refractivity contribution < 1.29 is 23.9 Å². The Labute approximate surface area is 159 Å². The zero-order valence-corrected chi connectivity index (χ0v) is 15.8. The zero-order valence-electron chi connectivity index (χ0n) is 15.8. The number of benzene rings is 1. The van der Waals surface area contributed by atoms with Crippen LogP contribution < -0.4 is 15.0 Å². The fourth-order valence-corrected chi connectivity index (χ4v) is 3.93. The highest BCUT2D eigenvalue weighted by Gasteiger charge is 2.46. The molecule has 1 N–H and O–H groups in total. The normalized spacial score (nSPS) is 21.2. The number of hydrogen-bond acceptors (Lipinski definition) is 5. The lowest BCUT2D eigenvalue weighted by Crippen LogP contribution is -2.55. The monoisotopic (exact) mass is 374 g/mol. The summed E-state index contributed by atoms with van der Waals surface area (Å²) >= 11 is 0. The van der Waals surface area contributed by atoms with Crippen molar-refractivity contribution in [2.45, 2.75) is 44.6 Å². The van der Waals surface area contributed by atoms with Gasteiger partial charge in [-0.2, -0.15) is 0 Å². The van der Waals surface area contributed by atoms with Gasteiger partial charge in [0.1, 0.15) is 11.3 Å². The number of ether oxygens (including phenoxy) is 2. The third-order valence-corrected chi connectivity index (χ3v) is 5.36. The number of carbonyl (C=O) groups is 3. The Hall–Kier alpha value is -2.57. The van der Waals surface area contributed by atoms with Gasteiger partial charge in [0.05, 0.1) is 25.3 Å². The Morgan fingerprint density at radius 1 is 1.26 bits per heavy atom. The van der Waals surface area contributed by atoms with E-state index in [1.807, 2.05) is 12.1 Å². The van der Waals surface area contributed by atoms with Gasteiger partial charge in [0, 0.05) is 13.0 Å². The average Bonchev–Trinajstić information content (AvgIpc) is 3.29.